The summed E-state index contributed by atoms with van der Waals surface area (Å²) in [5, 5.41) is 10.4. The minimum absolute atomic E-state index is 0.0808. The van der Waals surface area contributed by atoms with E-state index in [2.05, 4.69) is 22.0 Å². The van der Waals surface area contributed by atoms with Crippen molar-refractivity contribution < 1.29 is 5.11 Å². The van der Waals surface area contributed by atoms with E-state index < -0.39 is 0 Å². The number of aliphatic hydroxyl groups is 1. The lowest BCUT2D eigenvalue weighted by Gasteiger charge is -2.26. The highest BCUT2D eigenvalue weighted by molar-refractivity contribution is 9.10. The van der Waals surface area contributed by atoms with Crippen molar-refractivity contribution in [2.75, 3.05) is 6.61 Å². The largest absolute Gasteiger partial charge is 0.396 e. The Labute approximate surface area is 110 Å². The standard InChI is InChI=1S/C13H16BrClO/c14-11-4-3-10(12(15)7-11)8-13(9-16)5-1-2-6-13/h3-4,7,16H,1-2,5-6,8-9H2. The van der Waals surface area contributed by atoms with E-state index in [9.17, 15) is 5.11 Å². The molecule has 1 aliphatic rings. The summed E-state index contributed by atoms with van der Waals surface area (Å²) in [6, 6.07) is 6.00. The van der Waals surface area contributed by atoms with Crippen molar-refractivity contribution in [3.05, 3.63) is 33.3 Å². The zero-order valence-electron chi connectivity index (χ0n) is 9.18. The van der Waals surface area contributed by atoms with Crippen molar-refractivity contribution in [1.29, 1.82) is 0 Å². The molecule has 0 bridgehead atoms. The van der Waals surface area contributed by atoms with E-state index in [0.717, 1.165) is 34.3 Å². The molecular weight excluding hydrogens is 287 g/mol. The van der Waals surface area contributed by atoms with Crippen LogP contribution in [0.15, 0.2) is 22.7 Å². The highest BCUT2D eigenvalue weighted by Gasteiger charge is 2.33. The van der Waals surface area contributed by atoms with Crippen LogP contribution in [0.2, 0.25) is 5.02 Å². The Balaban J connectivity index is 2.19. The van der Waals surface area contributed by atoms with Gasteiger partial charge in [0.2, 0.25) is 0 Å². The maximum Gasteiger partial charge on any atom is 0.0490 e. The second kappa shape index (κ2) is 5.07. The summed E-state index contributed by atoms with van der Waals surface area (Å²) in [6.45, 7) is 0.277. The summed E-state index contributed by atoms with van der Waals surface area (Å²) in [5.74, 6) is 0. The maximum absolute atomic E-state index is 9.57. The van der Waals surface area contributed by atoms with Crippen LogP contribution in [0.25, 0.3) is 0 Å². The molecular formula is C13H16BrClO. The molecule has 0 aromatic heterocycles. The van der Waals surface area contributed by atoms with Crippen molar-refractivity contribution in [2.24, 2.45) is 5.41 Å². The van der Waals surface area contributed by atoms with E-state index >= 15 is 0 Å². The molecule has 2 rings (SSSR count). The highest BCUT2D eigenvalue weighted by atomic mass is 79.9. The summed E-state index contributed by atoms with van der Waals surface area (Å²) < 4.78 is 1.01. The number of rotatable bonds is 3. The van der Waals surface area contributed by atoms with Crippen LogP contribution >= 0.6 is 27.5 Å². The van der Waals surface area contributed by atoms with Crippen LogP contribution in [0.5, 0.6) is 0 Å². The topological polar surface area (TPSA) is 20.2 Å². The van der Waals surface area contributed by atoms with Crippen LogP contribution < -0.4 is 0 Å². The molecule has 1 nitrogen and oxygen atoms in total. The summed E-state index contributed by atoms with van der Waals surface area (Å²) in [7, 11) is 0. The van der Waals surface area contributed by atoms with Gasteiger partial charge in [0.15, 0.2) is 0 Å². The molecule has 0 spiro atoms. The number of aliphatic hydroxyl groups excluding tert-OH is 1. The maximum atomic E-state index is 9.57. The van der Waals surface area contributed by atoms with Gasteiger partial charge in [0.05, 0.1) is 0 Å². The second-order valence-electron chi connectivity index (χ2n) is 4.78. The Bertz CT molecular complexity index is 372. The van der Waals surface area contributed by atoms with E-state index in [1.165, 1.54) is 12.8 Å². The summed E-state index contributed by atoms with van der Waals surface area (Å²) in [6.07, 6.45) is 5.60. The van der Waals surface area contributed by atoms with E-state index in [1.54, 1.807) is 0 Å². The predicted molar refractivity (Wildman–Crippen MR) is 70.8 cm³/mol. The van der Waals surface area contributed by atoms with Crippen molar-refractivity contribution in [3.8, 4) is 0 Å². The average Bonchev–Trinajstić information content (AvgIpc) is 2.72. The van der Waals surface area contributed by atoms with Gasteiger partial charge >= 0.3 is 0 Å². The first kappa shape index (κ1) is 12.4. The Morgan fingerprint density at radius 3 is 2.56 bits per heavy atom. The molecule has 0 radical (unpaired) electrons. The van der Waals surface area contributed by atoms with Gasteiger partial charge in [0.1, 0.15) is 0 Å². The molecule has 0 unspecified atom stereocenters. The van der Waals surface area contributed by atoms with Crippen molar-refractivity contribution in [3.63, 3.8) is 0 Å². The molecule has 1 fully saturated rings. The predicted octanol–water partition coefficient (Wildman–Crippen LogP) is 4.20. The molecule has 0 atom stereocenters. The first-order valence-corrected chi connectivity index (χ1v) is 6.87. The molecule has 0 aliphatic heterocycles. The van der Waals surface area contributed by atoms with Crippen molar-refractivity contribution in [1.82, 2.24) is 0 Å². The molecule has 1 aromatic carbocycles. The van der Waals surface area contributed by atoms with Gasteiger partial charge in [-0.05, 0) is 42.4 Å². The Kier molecular flexibility index (Phi) is 3.93. The zero-order chi connectivity index (χ0) is 11.6. The quantitative estimate of drug-likeness (QED) is 0.887. The molecule has 3 heteroatoms. The zero-order valence-corrected chi connectivity index (χ0v) is 11.5. The summed E-state index contributed by atoms with van der Waals surface area (Å²) >= 11 is 9.62. The fourth-order valence-electron chi connectivity index (χ4n) is 2.58. The number of halogens is 2. The van der Waals surface area contributed by atoms with E-state index in [4.69, 9.17) is 11.6 Å². The van der Waals surface area contributed by atoms with Gasteiger partial charge in [-0.2, -0.15) is 0 Å². The SMILES string of the molecule is OCC1(Cc2ccc(Br)cc2Cl)CCCC1. The highest BCUT2D eigenvalue weighted by Crippen LogP contribution is 2.41. The average molecular weight is 304 g/mol. The molecule has 88 valence electrons. The van der Waals surface area contributed by atoms with Crippen LogP contribution in [-0.2, 0) is 6.42 Å². The van der Waals surface area contributed by atoms with Gasteiger partial charge in [-0.3, -0.25) is 0 Å². The van der Waals surface area contributed by atoms with Crippen LogP contribution in [0.1, 0.15) is 31.2 Å². The lowest BCUT2D eigenvalue weighted by atomic mass is 9.81. The first-order chi connectivity index (χ1) is 7.65. The molecule has 1 saturated carbocycles. The van der Waals surface area contributed by atoms with Gasteiger partial charge in [-0.1, -0.05) is 46.4 Å². The Morgan fingerprint density at radius 2 is 2.00 bits per heavy atom. The minimum Gasteiger partial charge on any atom is -0.396 e. The third kappa shape index (κ3) is 2.61. The molecule has 0 heterocycles. The van der Waals surface area contributed by atoms with E-state index in [0.29, 0.717) is 0 Å². The van der Waals surface area contributed by atoms with Gasteiger partial charge in [-0.25, -0.2) is 0 Å². The van der Waals surface area contributed by atoms with Crippen LogP contribution in [0, 0.1) is 5.41 Å². The molecule has 16 heavy (non-hydrogen) atoms. The molecule has 1 aliphatic carbocycles. The second-order valence-corrected chi connectivity index (χ2v) is 6.10. The van der Waals surface area contributed by atoms with Gasteiger partial charge in [0, 0.05) is 16.1 Å². The van der Waals surface area contributed by atoms with Gasteiger partial charge in [0.25, 0.3) is 0 Å². The fourth-order valence-corrected chi connectivity index (χ4v) is 3.33. The third-order valence-corrected chi connectivity index (χ3v) is 4.43. The fraction of sp³-hybridized carbons (Fsp3) is 0.538. The lowest BCUT2D eigenvalue weighted by molar-refractivity contribution is 0.130. The Hall–Kier alpha value is -0.0500. The van der Waals surface area contributed by atoms with Crippen molar-refractivity contribution in [2.45, 2.75) is 32.1 Å². The minimum atomic E-state index is 0.0808. The molecule has 1 N–H and O–H groups in total. The molecule has 0 saturated heterocycles. The molecule has 1 aromatic rings. The monoisotopic (exact) mass is 302 g/mol. The smallest absolute Gasteiger partial charge is 0.0490 e. The third-order valence-electron chi connectivity index (χ3n) is 3.58. The first-order valence-electron chi connectivity index (χ1n) is 5.70. The van der Waals surface area contributed by atoms with E-state index in [-0.39, 0.29) is 12.0 Å². The Morgan fingerprint density at radius 1 is 1.31 bits per heavy atom. The van der Waals surface area contributed by atoms with Gasteiger partial charge in [-0.15, -0.1) is 0 Å². The number of benzene rings is 1. The van der Waals surface area contributed by atoms with Crippen molar-refractivity contribution >= 4 is 27.5 Å². The van der Waals surface area contributed by atoms with Crippen LogP contribution in [-0.4, -0.2) is 11.7 Å². The number of hydrogen-bond donors (Lipinski definition) is 1. The van der Waals surface area contributed by atoms with Crippen LogP contribution in [0.4, 0.5) is 0 Å². The summed E-state index contributed by atoms with van der Waals surface area (Å²) in [4.78, 5) is 0. The van der Waals surface area contributed by atoms with Crippen LogP contribution in [0.3, 0.4) is 0 Å². The molecule has 0 amide bonds. The van der Waals surface area contributed by atoms with Gasteiger partial charge < -0.3 is 5.11 Å². The lowest BCUT2D eigenvalue weighted by Crippen LogP contribution is -2.24. The number of hydrogen-bond acceptors (Lipinski definition) is 1. The van der Waals surface area contributed by atoms with E-state index in [1.807, 2.05) is 12.1 Å². The normalized spacial score (nSPS) is 18.9. The summed E-state index contributed by atoms with van der Waals surface area (Å²) in [5.41, 5.74) is 1.23.